The van der Waals surface area contributed by atoms with Gasteiger partial charge in [-0.3, -0.25) is 0 Å². The molecule has 0 radical (unpaired) electrons. The van der Waals surface area contributed by atoms with Gasteiger partial charge in [0.2, 0.25) is 0 Å². The molecule has 0 spiro atoms. The molecule has 1 fully saturated rings. The zero-order chi connectivity index (χ0) is 24.1. The van der Waals surface area contributed by atoms with Crippen molar-refractivity contribution in [3.63, 3.8) is 0 Å². The molecule has 3 aromatic rings. The number of hydrogen-bond acceptors (Lipinski definition) is 1. The van der Waals surface area contributed by atoms with Crippen LogP contribution in [-0.2, 0) is 13.0 Å². The number of rotatable bonds is 8. The summed E-state index contributed by atoms with van der Waals surface area (Å²) in [6.07, 6.45) is 7.10. The van der Waals surface area contributed by atoms with Gasteiger partial charge in [-0.1, -0.05) is 69.2 Å². The molecule has 1 saturated carbocycles. The molecule has 0 aliphatic heterocycles. The van der Waals surface area contributed by atoms with Gasteiger partial charge in [-0.2, -0.15) is 0 Å². The van der Waals surface area contributed by atoms with Gasteiger partial charge in [0.05, 0.1) is 0 Å². The monoisotopic (exact) mass is 466 g/mol. The highest BCUT2D eigenvalue weighted by Crippen LogP contribution is 2.40. The molecule has 180 valence electrons. The summed E-state index contributed by atoms with van der Waals surface area (Å²) in [7, 11) is 0. The van der Waals surface area contributed by atoms with Crippen LogP contribution in [0, 0.1) is 23.4 Å². The van der Waals surface area contributed by atoms with E-state index in [0.717, 1.165) is 37.2 Å². The molecule has 0 aromatic heterocycles. The van der Waals surface area contributed by atoms with E-state index in [1.165, 1.54) is 18.9 Å². The highest BCUT2D eigenvalue weighted by atomic mass is 19.2. The average Bonchev–Trinajstić information content (AvgIpc) is 2.86. The van der Waals surface area contributed by atoms with Crippen molar-refractivity contribution < 1.29 is 17.9 Å². The molecule has 1 aliphatic carbocycles. The first-order valence-electron chi connectivity index (χ1n) is 12.5. The molecule has 4 rings (SSSR count). The van der Waals surface area contributed by atoms with Gasteiger partial charge in [-0.25, -0.2) is 13.2 Å². The maximum Gasteiger partial charge on any atom is 0.166 e. The summed E-state index contributed by atoms with van der Waals surface area (Å²) in [5.74, 6) is -0.459. The lowest BCUT2D eigenvalue weighted by Gasteiger charge is -2.29. The van der Waals surface area contributed by atoms with Gasteiger partial charge in [0.25, 0.3) is 0 Å². The van der Waals surface area contributed by atoms with Crippen LogP contribution in [0.15, 0.2) is 54.6 Å². The fourth-order valence-corrected chi connectivity index (χ4v) is 5.12. The fourth-order valence-electron chi connectivity index (χ4n) is 5.12. The minimum Gasteiger partial charge on any atom is -0.489 e. The molecule has 0 amide bonds. The van der Waals surface area contributed by atoms with E-state index in [-0.39, 0.29) is 23.9 Å². The Hall–Kier alpha value is -2.75. The van der Waals surface area contributed by atoms with Crippen molar-refractivity contribution in [1.82, 2.24) is 0 Å². The van der Waals surface area contributed by atoms with Crippen molar-refractivity contribution in [3.05, 3.63) is 88.7 Å². The fraction of sp³-hybridized carbons (Fsp3) is 0.400. The maximum atomic E-state index is 15.0. The summed E-state index contributed by atoms with van der Waals surface area (Å²) in [5, 5.41) is 0. The third kappa shape index (κ3) is 5.48. The molecule has 1 aliphatic rings. The minimum absolute atomic E-state index is 0.104. The van der Waals surface area contributed by atoms with Crippen molar-refractivity contribution in [3.8, 4) is 16.9 Å². The Bertz CT molecular complexity index is 1100. The number of halogens is 3. The molecule has 3 aromatic carbocycles. The van der Waals surface area contributed by atoms with Gasteiger partial charge in [0, 0.05) is 11.6 Å². The average molecular weight is 467 g/mol. The van der Waals surface area contributed by atoms with Crippen LogP contribution in [0.25, 0.3) is 11.1 Å². The molecule has 34 heavy (non-hydrogen) atoms. The molecule has 0 saturated heterocycles. The van der Waals surface area contributed by atoms with Crippen LogP contribution in [-0.4, -0.2) is 0 Å². The molecule has 0 atom stereocenters. The second-order valence-electron chi connectivity index (χ2n) is 9.43. The quantitative estimate of drug-likeness (QED) is 0.322. The Morgan fingerprint density at radius 1 is 0.824 bits per heavy atom. The van der Waals surface area contributed by atoms with Crippen molar-refractivity contribution in [2.45, 2.75) is 71.3 Å². The van der Waals surface area contributed by atoms with E-state index in [4.69, 9.17) is 4.74 Å². The van der Waals surface area contributed by atoms with Crippen molar-refractivity contribution in [2.75, 3.05) is 0 Å². The predicted molar refractivity (Wildman–Crippen MR) is 132 cm³/mol. The first kappa shape index (κ1) is 24.4. The Kier molecular flexibility index (Phi) is 7.97. The van der Waals surface area contributed by atoms with E-state index in [0.29, 0.717) is 28.9 Å². The summed E-state index contributed by atoms with van der Waals surface area (Å²) >= 11 is 0. The van der Waals surface area contributed by atoms with Gasteiger partial charge >= 0.3 is 0 Å². The zero-order valence-corrected chi connectivity index (χ0v) is 20.0. The van der Waals surface area contributed by atoms with Gasteiger partial charge in [0.15, 0.2) is 11.6 Å². The second-order valence-corrected chi connectivity index (χ2v) is 9.43. The van der Waals surface area contributed by atoms with Crippen molar-refractivity contribution in [2.24, 2.45) is 5.92 Å². The van der Waals surface area contributed by atoms with E-state index in [1.807, 2.05) is 19.1 Å². The Morgan fingerprint density at radius 2 is 1.56 bits per heavy atom. The smallest absolute Gasteiger partial charge is 0.166 e. The molecular formula is C30H33F3O. The van der Waals surface area contributed by atoms with Crippen LogP contribution in [0.4, 0.5) is 13.2 Å². The Morgan fingerprint density at radius 3 is 2.21 bits per heavy atom. The first-order valence-corrected chi connectivity index (χ1v) is 12.5. The largest absolute Gasteiger partial charge is 0.489 e. The maximum absolute atomic E-state index is 15.0. The van der Waals surface area contributed by atoms with Crippen LogP contribution in [0.1, 0.15) is 75.0 Å². The normalized spacial score (nSPS) is 18.1. The van der Waals surface area contributed by atoms with Crippen LogP contribution < -0.4 is 4.74 Å². The Balaban J connectivity index is 1.42. The topological polar surface area (TPSA) is 9.23 Å². The third-order valence-electron chi connectivity index (χ3n) is 7.17. The number of ether oxygens (including phenoxy) is 1. The lowest BCUT2D eigenvalue weighted by atomic mass is 9.77. The third-order valence-corrected chi connectivity index (χ3v) is 7.17. The van der Waals surface area contributed by atoms with E-state index in [1.54, 1.807) is 36.4 Å². The van der Waals surface area contributed by atoms with Gasteiger partial charge in [0.1, 0.15) is 18.2 Å². The summed E-state index contributed by atoms with van der Waals surface area (Å²) < 4.78 is 49.7. The van der Waals surface area contributed by atoms with Crippen LogP contribution in [0.5, 0.6) is 5.75 Å². The number of hydrogen-bond donors (Lipinski definition) is 0. The van der Waals surface area contributed by atoms with Gasteiger partial charge in [-0.05, 0) is 72.3 Å². The van der Waals surface area contributed by atoms with Crippen LogP contribution in [0.3, 0.4) is 0 Å². The molecule has 0 bridgehead atoms. The summed E-state index contributed by atoms with van der Waals surface area (Å²) in [6, 6.07) is 15.5. The second kappa shape index (κ2) is 11.1. The van der Waals surface area contributed by atoms with Crippen molar-refractivity contribution in [1.29, 1.82) is 0 Å². The van der Waals surface area contributed by atoms with Crippen LogP contribution in [0.2, 0.25) is 0 Å². The minimum atomic E-state index is -0.774. The molecular weight excluding hydrogens is 433 g/mol. The highest BCUT2D eigenvalue weighted by Gasteiger charge is 2.26. The van der Waals surface area contributed by atoms with E-state index < -0.39 is 11.6 Å². The number of aryl methyl sites for hydroxylation is 1. The summed E-state index contributed by atoms with van der Waals surface area (Å²) in [5.41, 5.74) is 2.93. The molecule has 4 heteroatoms. The van der Waals surface area contributed by atoms with Crippen molar-refractivity contribution >= 4 is 0 Å². The van der Waals surface area contributed by atoms with Gasteiger partial charge in [-0.15, -0.1) is 0 Å². The van der Waals surface area contributed by atoms with Gasteiger partial charge < -0.3 is 4.74 Å². The summed E-state index contributed by atoms with van der Waals surface area (Å²) in [4.78, 5) is 0. The van der Waals surface area contributed by atoms with E-state index in [9.17, 15) is 4.39 Å². The van der Waals surface area contributed by atoms with Crippen LogP contribution >= 0.6 is 0 Å². The molecule has 1 nitrogen and oxygen atoms in total. The molecule has 0 unspecified atom stereocenters. The standard InChI is InChI=1S/C30H33F3O/c1-3-5-20-6-10-23(11-7-20)26-16-17-27(30(33)29(26)32)24-12-8-21(9-13-24)19-34-25-15-14-22(4-2)28(31)18-25/h8-9,12-18,20,23H,3-7,10-11,19H2,1-2H3. The number of benzene rings is 3. The van der Waals surface area contributed by atoms with E-state index >= 15 is 8.78 Å². The SMILES string of the molecule is CCCC1CCC(c2ccc(-c3ccc(COc4ccc(CC)c(F)c4)cc3)c(F)c2F)CC1. The highest BCUT2D eigenvalue weighted by molar-refractivity contribution is 5.65. The predicted octanol–water partition coefficient (Wildman–Crippen LogP) is 8.99. The molecule has 0 N–H and O–H groups in total. The summed E-state index contributed by atoms with van der Waals surface area (Å²) in [6.45, 7) is 4.37. The first-order chi connectivity index (χ1) is 16.5. The zero-order valence-electron chi connectivity index (χ0n) is 20.0. The lowest BCUT2D eigenvalue weighted by molar-refractivity contribution is 0.303. The van der Waals surface area contributed by atoms with E-state index in [2.05, 4.69) is 6.92 Å². The Labute approximate surface area is 201 Å². The molecule has 0 heterocycles. The lowest BCUT2D eigenvalue weighted by Crippen LogP contribution is -2.15.